The predicted octanol–water partition coefficient (Wildman–Crippen LogP) is 0.634. The van der Waals surface area contributed by atoms with Crippen molar-refractivity contribution in [2.45, 2.75) is 13.0 Å². The number of anilines is 1. The van der Waals surface area contributed by atoms with Crippen molar-refractivity contribution in [2.75, 3.05) is 25.0 Å². The van der Waals surface area contributed by atoms with Crippen molar-refractivity contribution in [2.24, 2.45) is 0 Å². The lowest BCUT2D eigenvalue weighted by molar-refractivity contribution is -0.118. The number of rotatable bonds is 2. The first kappa shape index (κ1) is 12.0. The summed E-state index contributed by atoms with van der Waals surface area (Å²) in [5, 5.41) is 8.92. The highest BCUT2D eigenvalue weighted by Crippen LogP contribution is 2.13. The zero-order valence-electron chi connectivity index (χ0n) is 9.72. The average Bonchev–Trinajstić information content (AvgIpc) is 2.35. The van der Waals surface area contributed by atoms with Crippen LogP contribution >= 0.6 is 0 Å². The number of hydrogen-bond acceptors (Lipinski definition) is 3. The molecule has 2 rings (SSSR count). The molecule has 1 unspecified atom stereocenters. The fourth-order valence-electron chi connectivity index (χ4n) is 1.74. The van der Waals surface area contributed by atoms with E-state index in [1.165, 1.54) is 6.07 Å². The van der Waals surface area contributed by atoms with Crippen LogP contribution in [0.1, 0.15) is 5.56 Å². The summed E-state index contributed by atoms with van der Waals surface area (Å²) in [6.45, 7) is 3.91. The Balaban J connectivity index is 1.99. The molecule has 1 amide bonds. The van der Waals surface area contributed by atoms with Crippen molar-refractivity contribution in [1.82, 2.24) is 10.6 Å². The van der Waals surface area contributed by atoms with Crippen LogP contribution < -0.4 is 16.0 Å². The molecule has 0 bridgehead atoms. The van der Waals surface area contributed by atoms with E-state index >= 15 is 0 Å². The Morgan fingerprint density at radius 1 is 1.47 bits per heavy atom. The molecule has 0 saturated carbocycles. The molecular weight excluding hydrogens is 221 g/mol. The Morgan fingerprint density at radius 3 is 2.94 bits per heavy atom. The summed E-state index contributed by atoms with van der Waals surface area (Å²) in [7, 11) is 0. The van der Waals surface area contributed by atoms with Crippen LogP contribution in [0.2, 0.25) is 0 Å². The van der Waals surface area contributed by atoms with Crippen molar-refractivity contribution in [3.63, 3.8) is 0 Å². The van der Waals surface area contributed by atoms with Gasteiger partial charge in [0.15, 0.2) is 0 Å². The third kappa shape index (κ3) is 3.01. The van der Waals surface area contributed by atoms with Crippen molar-refractivity contribution in [3.05, 3.63) is 29.6 Å². The first-order chi connectivity index (χ1) is 8.16. The van der Waals surface area contributed by atoms with Gasteiger partial charge in [0.2, 0.25) is 5.91 Å². The molecule has 1 fully saturated rings. The first-order valence-electron chi connectivity index (χ1n) is 5.68. The average molecular weight is 237 g/mol. The summed E-state index contributed by atoms with van der Waals surface area (Å²) in [5.41, 5.74) is 1.06. The zero-order chi connectivity index (χ0) is 12.3. The van der Waals surface area contributed by atoms with Gasteiger partial charge in [0.1, 0.15) is 5.82 Å². The summed E-state index contributed by atoms with van der Waals surface area (Å²) < 4.78 is 13.3. The highest BCUT2D eigenvalue weighted by atomic mass is 19.1. The summed E-state index contributed by atoms with van der Waals surface area (Å²) >= 11 is 0. The van der Waals surface area contributed by atoms with E-state index < -0.39 is 0 Å². The van der Waals surface area contributed by atoms with Gasteiger partial charge in [-0.15, -0.1) is 0 Å². The van der Waals surface area contributed by atoms with Crippen LogP contribution in [0, 0.1) is 12.7 Å². The van der Waals surface area contributed by atoms with Crippen molar-refractivity contribution in [3.8, 4) is 0 Å². The van der Waals surface area contributed by atoms with E-state index in [-0.39, 0.29) is 17.8 Å². The topological polar surface area (TPSA) is 53.2 Å². The molecule has 1 aromatic carbocycles. The van der Waals surface area contributed by atoms with Gasteiger partial charge in [-0.25, -0.2) is 4.39 Å². The van der Waals surface area contributed by atoms with E-state index in [0.29, 0.717) is 17.8 Å². The maximum absolute atomic E-state index is 13.3. The van der Waals surface area contributed by atoms with Crippen LogP contribution in [0.25, 0.3) is 0 Å². The molecule has 4 nitrogen and oxygen atoms in total. The number of hydrogen-bond donors (Lipinski definition) is 3. The summed E-state index contributed by atoms with van der Waals surface area (Å²) in [6, 6.07) is 4.43. The van der Waals surface area contributed by atoms with Gasteiger partial charge in [-0.2, -0.15) is 0 Å². The van der Waals surface area contributed by atoms with Gasteiger partial charge < -0.3 is 16.0 Å². The highest BCUT2D eigenvalue weighted by Gasteiger charge is 2.20. The lowest BCUT2D eigenvalue weighted by Gasteiger charge is -2.23. The van der Waals surface area contributed by atoms with E-state index in [1.807, 2.05) is 0 Å². The lowest BCUT2D eigenvalue weighted by Crippen LogP contribution is -2.54. The third-order valence-corrected chi connectivity index (χ3v) is 2.80. The van der Waals surface area contributed by atoms with Crippen LogP contribution in [0.15, 0.2) is 18.2 Å². The molecule has 0 aromatic heterocycles. The van der Waals surface area contributed by atoms with E-state index in [0.717, 1.165) is 13.1 Å². The van der Waals surface area contributed by atoms with Gasteiger partial charge in [0.05, 0.1) is 6.04 Å². The van der Waals surface area contributed by atoms with Crippen LogP contribution in [-0.2, 0) is 4.79 Å². The molecule has 1 saturated heterocycles. The minimum atomic E-state index is -0.308. The van der Waals surface area contributed by atoms with Gasteiger partial charge in [-0.1, -0.05) is 6.07 Å². The Kier molecular flexibility index (Phi) is 3.71. The van der Waals surface area contributed by atoms with E-state index in [4.69, 9.17) is 0 Å². The second-order valence-corrected chi connectivity index (χ2v) is 4.16. The molecule has 1 atom stereocenters. The summed E-state index contributed by atoms with van der Waals surface area (Å²) in [5.74, 6) is -0.446. The molecule has 92 valence electrons. The molecule has 0 aliphatic carbocycles. The monoisotopic (exact) mass is 237 g/mol. The Bertz CT molecular complexity index is 416. The molecule has 3 N–H and O–H groups in total. The lowest BCUT2D eigenvalue weighted by atomic mass is 10.2. The molecule has 1 aliphatic heterocycles. The first-order valence-corrected chi connectivity index (χ1v) is 5.68. The Morgan fingerprint density at radius 2 is 2.29 bits per heavy atom. The number of benzene rings is 1. The number of amides is 1. The van der Waals surface area contributed by atoms with Crippen molar-refractivity contribution < 1.29 is 9.18 Å². The fraction of sp³-hybridized carbons (Fsp3) is 0.417. The largest absolute Gasteiger partial charge is 0.325 e. The number of aryl methyl sites for hydroxylation is 1. The van der Waals surface area contributed by atoms with Crippen molar-refractivity contribution in [1.29, 1.82) is 0 Å². The molecular formula is C12H16FN3O. The van der Waals surface area contributed by atoms with Crippen LogP contribution in [-0.4, -0.2) is 31.6 Å². The highest BCUT2D eigenvalue weighted by molar-refractivity contribution is 5.95. The summed E-state index contributed by atoms with van der Waals surface area (Å²) in [4.78, 5) is 11.8. The normalized spacial score (nSPS) is 20.0. The Hall–Kier alpha value is -1.46. The van der Waals surface area contributed by atoms with Gasteiger partial charge in [0, 0.05) is 25.3 Å². The van der Waals surface area contributed by atoms with Crippen LogP contribution in [0.4, 0.5) is 10.1 Å². The second kappa shape index (κ2) is 5.25. The molecule has 0 radical (unpaired) electrons. The maximum Gasteiger partial charge on any atom is 0.242 e. The molecule has 1 heterocycles. The number of nitrogens with one attached hydrogen (secondary N) is 3. The molecule has 1 aliphatic rings. The van der Waals surface area contributed by atoms with Gasteiger partial charge in [-0.05, 0) is 24.6 Å². The number of halogens is 1. The minimum absolute atomic E-state index is 0.138. The smallest absolute Gasteiger partial charge is 0.242 e. The molecule has 1 aromatic rings. The van der Waals surface area contributed by atoms with Gasteiger partial charge in [0.25, 0.3) is 0 Å². The van der Waals surface area contributed by atoms with Gasteiger partial charge in [-0.3, -0.25) is 4.79 Å². The minimum Gasteiger partial charge on any atom is -0.325 e. The fourth-order valence-corrected chi connectivity index (χ4v) is 1.74. The predicted molar refractivity (Wildman–Crippen MR) is 64.4 cm³/mol. The van der Waals surface area contributed by atoms with Crippen LogP contribution in [0.5, 0.6) is 0 Å². The maximum atomic E-state index is 13.3. The van der Waals surface area contributed by atoms with E-state index in [9.17, 15) is 9.18 Å². The van der Waals surface area contributed by atoms with E-state index in [2.05, 4.69) is 16.0 Å². The Labute approximate surface area is 99.6 Å². The zero-order valence-corrected chi connectivity index (χ0v) is 9.72. The van der Waals surface area contributed by atoms with Crippen LogP contribution in [0.3, 0.4) is 0 Å². The molecule has 0 spiro atoms. The van der Waals surface area contributed by atoms with E-state index in [1.54, 1.807) is 19.1 Å². The summed E-state index contributed by atoms with van der Waals surface area (Å²) in [6.07, 6.45) is 0. The standard InChI is InChI=1S/C12H16FN3O/c1-8-2-3-9(6-10(8)13)16-12(17)11-7-14-4-5-15-11/h2-3,6,11,14-15H,4-5,7H2,1H3,(H,16,17). The molecule has 5 heteroatoms. The second-order valence-electron chi connectivity index (χ2n) is 4.16. The SMILES string of the molecule is Cc1ccc(NC(=O)C2CNCCN2)cc1F. The number of piperazine rings is 1. The molecule has 17 heavy (non-hydrogen) atoms. The van der Waals surface area contributed by atoms with Crippen molar-refractivity contribution >= 4 is 11.6 Å². The third-order valence-electron chi connectivity index (χ3n) is 2.80. The number of carbonyl (C=O) groups is 1. The quantitative estimate of drug-likeness (QED) is 0.707. The van der Waals surface area contributed by atoms with Gasteiger partial charge >= 0.3 is 0 Å². The number of carbonyl (C=O) groups excluding carboxylic acids is 1.